The fraction of sp³-hybridized carbons (Fsp3) is 0.421. The molecule has 1 heterocycles. The smallest absolute Gasteiger partial charge is 0.315 e. The molecule has 0 saturated carbocycles. The van der Waals surface area contributed by atoms with E-state index in [1.807, 2.05) is 32.0 Å². The average molecular weight is 339 g/mol. The van der Waals surface area contributed by atoms with Crippen molar-refractivity contribution < 1.29 is 4.79 Å². The first-order valence-corrected chi connectivity index (χ1v) is 8.64. The number of nitrogens with one attached hydrogen (secondary N) is 2. The van der Waals surface area contributed by atoms with Crippen LogP contribution < -0.4 is 15.5 Å². The summed E-state index contributed by atoms with van der Waals surface area (Å²) < 4.78 is 0. The number of nitrogens with zero attached hydrogens (tertiary/aromatic N) is 3. The molecule has 1 aromatic heterocycles. The number of hydrogen-bond donors (Lipinski definition) is 2. The Morgan fingerprint density at radius 1 is 1.24 bits per heavy atom. The molecule has 2 aromatic rings. The van der Waals surface area contributed by atoms with Crippen LogP contribution in [0, 0.1) is 6.92 Å². The Balaban J connectivity index is 1.51. The van der Waals surface area contributed by atoms with Crippen LogP contribution in [-0.2, 0) is 13.0 Å². The topological polar surface area (TPSA) is 70.2 Å². The van der Waals surface area contributed by atoms with Crippen molar-refractivity contribution in [3.05, 3.63) is 52.8 Å². The van der Waals surface area contributed by atoms with Gasteiger partial charge in [0.2, 0.25) is 5.95 Å². The molecule has 132 valence electrons. The third kappa shape index (κ3) is 4.26. The first kappa shape index (κ1) is 17.2. The Labute approximate surface area is 148 Å². The molecule has 1 aliphatic carbocycles. The summed E-state index contributed by atoms with van der Waals surface area (Å²) in [6.07, 6.45) is 2.19. The highest BCUT2D eigenvalue weighted by Gasteiger charge is 2.22. The summed E-state index contributed by atoms with van der Waals surface area (Å²) in [4.78, 5) is 22.8. The van der Waals surface area contributed by atoms with Crippen LogP contribution in [-0.4, -0.2) is 36.6 Å². The number of carbonyl (C=O) groups is 1. The lowest BCUT2D eigenvalue weighted by molar-refractivity contribution is 0.239. The van der Waals surface area contributed by atoms with E-state index in [4.69, 9.17) is 0 Å². The Bertz CT molecular complexity index is 759. The zero-order valence-corrected chi connectivity index (χ0v) is 15.0. The minimum atomic E-state index is -0.160. The van der Waals surface area contributed by atoms with Gasteiger partial charge in [-0.2, -0.15) is 0 Å². The molecule has 0 aliphatic heterocycles. The summed E-state index contributed by atoms with van der Waals surface area (Å²) in [5.41, 5.74) is 4.46. The highest BCUT2D eigenvalue weighted by atomic mass is 16.2. The van der Waals surface area contributed by atoms with Crippen molar-refractivity contribution in [2.75, 3.05) is 25.5 Å². The molecule has 2 amide bonds. The largest absolute Gasteiger partial charge is 0.347 e. The van der Waals surface area contributed by atoms with Gasteiger partial charge in [0.15, 0.2) is 0 Å². The van der Waals surface area contributed by atoms with Crippen LogP contribution in [0.25, 0.3) is 0 Å². The monoisotopic (exact) mass is 339 g/mol. The molecule has 1 aliphatic rings. The van der Waals surface area contributed by atoms with Crippen LogP contribution in [0.3, 0.4) is 0 Å². The van der Waals surface area contributed by atoms with E-state index >= 15 is 0 Å². The molecule has 0 radical (unpaired) electrons. The van der Waals surface area contributed by atoms with Crippen LogP contribution in [0.1, 0.15) is 34.9 Å². The highest BCUT2D eigenvalue weighted by Crippen LogP contribution is 2.32. The van der Waals surface area contributed by atoms with Gasteiger partial charge in [-0.15, -0.1) is 0 Å². The van der Waals surface area contributed by atoms with E-state index in [2.05, 4.69) is 44.9 Å². The number of carbonyl (C=O) groups excluding carboxylic acids is 1. The Hall–Kier alpha value is -2.63. The van der Waals surface area contributed by atoms with Crippen molar-refractivity contribution in [1.29, 1.82) is 0 Å². The van der Waals surface area contributed by atoms with Crippen LogP contribution in [0.2, 0.25) is 0 Å². The van der Waals surface area contributed by atoms with Gasteiger partial charge in [0.1, 0.15) is 0 Å². The lowest BCUT2D eigenvalue weighted by Gasteiger charge is -2.15. The maximum atomic E-state index is 12.1. The average Bonchev–Trinajstić information content (AvgIpc) is 3.01. The lowest BCUT2D eigenvalue weighted by Crippen LogP contribution is -2.37. The zero-order valence-electron chi connectivity index (χ0n) is 15.0. The van der Waals surface area contributed by atoms with Gasteiger partial charge in [-0.25, -0.2) is 14.8 Å². The molecular weight excluding hydrogens is 314 g/mol. The summed E-state index contributed by atoms with van der Waals surface area (Å²) >= 11 is 0. The number of aryl methyl sites for hydroxylation is 2. The summed E-state index contributed by atoms with van der Waals surface area (Å²) in [7, 11) is 3.80. The van der Waals surface area contributed by atoms with E-state index in [9.17, 15) is 4.79 Å². The predicted octanol–water partition coefficient (Wildman–Crippen LogP) is 2.38. The second kappa shape index (κ2) is 7.51. The summed E-state index contributed by atoms with van der Waals surface area (Å²) in [6, 6.07) is 10.2. The van der Waals surface area contributed by atoms with Crippen molar-refractivity contribution >= 4 is 12.0 Å². The number of aromatic nitrogens is 2. The number of hydrogen-bond acceptors (Lipinski definition) is 4. The number of fused-ring (bicyclic) bond motifs is 1. The van der Waals surface area contributed by atoms with Crippen molar-refractivity contribution in [3.8, 4) is 0 Å². The molecule has 0 spiro atoms. The minimum Gasteiger partial charge on any atom is -0.347 e. The molecule has 0 saturated heterocycles. The molecule has 1 aromatic carbocycles. The van der Waals surface area contributed by atoms with Crippen molar-refractivity contribution in [2.24, 2.45) is 0 Å². The molecule has 0 bridgehead atoms. The number of rotatable bonds is 5. The van der Waals surface area contributed by atoms with Gasteiger partial charge in [0, 0.05) is 32.3 Å². The molecule has 25 heavy (non-hydrogen) atoms. The van der Waals surface area contributed by atoms with Crippen LogP contribution in [0.4, 0.5) is 10.7 Å². The molecule has 3 rings (SSSR count). The summed E-state index contributed by atoms with van der Waals surface area (Å²) in [5, 5.41) is 5.87. The van der Waals surface area contributed by atoms with E-state index in [1.54, 1.807) is 0 Å². The third-order valence-electron chi connectivity index (χ3n) is 4.49. The minimum absolute atomic E-state index is 0.160. The summed E-state index contributed by atoms with van der Waals surface area (Å²) in [5.74, 6) is 1.06. The van der Waals surface area contributed by atoms with Crippen LogP contribution in [0.15, 0.2) is 30.3 Å². The number of amides is 2. The number of benzene rings is 1. The van der Waals surface area contributed by atoms with E-state index < -0.39 is 0 Å². The fourth-order valence-electron chi connectivity index (χ4n) is 3.21. The molecule has 0 fully saturated rings. The number of urea groups is 1. The second-order valence-corrected chi connectivity index (χ2v) is 6.69. The molecule has 2 N–H and O–H groups in total. The van der Waals surface area contributed by atoms with Gasteiger partial charge in [0.25, 0.3) is 0 Å². The summed E-state index contributed by atoms with van der Waals surface area (Å²) in [6.45, 7) is 2.97. The van der Waals surface area contributed by atoms with Gasteiger partial charge in [-0.1, -0.05) is 24.3 Å². The molecule has 1 atom stereocenters. The molecule has 6 nitrogen and oxygen atoms in total. The van der Waals surface area contributed by atoms with E-state index in [-0.39, 0.29) is 6.03 Å². The first-order chi connectivity index (χ1) is 12.0. The van der Waals surface area contributed by atoms with Crippen molar-refractivity contribution in [3.63, 3.8) is 0 Å². The quantitative estimate of drug-likeness (QED) is 0.877. The van der Waals surface area contributed by atoms with E-state index in [0.717, 1.165) is 24.2 Å². The van der Waals surface area contributed by atoms with Gasteiger partial charge in [0.05, 0.1) is 12.2 Å². The van der Waals surface area contributed by atoms with Gasteiger partial charge < -0.3 is 15.5 Å². The molecule has 6 heteroatoms. The molecule has 0 unspecified atom stereocenters. The van der Waals surface area contributed by atoms with Gasteiger partial charge in [-0.05, 0) is 37.0 Å². The third-order valence-corrected chi connectivity index (χ3v) is 4.49. The fourth-order valence-corrected chi connectivity index (χ4v) is 3.21. The van der Waals surface area contributed by atoms with Crippen LogP contribution in [0.5, 0.6) is 0 Å². The molecular formula is C19H25N5O. The normalized spacial score (nSPS) is 15.6. The standard InChI is InChI=1S/C19H25N5O/c1-13-10-16(23-18(22-13)24(2)3)12-21-19(25)20-11-15-9-8-14-6-4-5-7-17(14)15/h4-7,10,15H,8-9,11-12H2,1-3H3,(H2,20,21,25)/t15-/m0/s1. The van der Waals surface area contributed by atoms with Crippen LogP contribution >= 0.6 is 0 Å². The lowest BCUT2D eigenvalue weighted by atomic mass is 10.0. The highest BCUT2D eigenvalue weighted by molar-refractivity contribution is 5.73. The Morgan fingerprint density at radius 2 is 2.04 bits per heavy atom. The SMILES string of the molecule is Cc1cc(CNC(=O)NC[C@@H]2CCc3ccccc32)nc(N(C)C)n1. The zero-order chi connectivity index (χ0) is 17.8. The van der Waals surface area contributed by atoms with Crippen molar-refractivity contribution in [1.82, 2.24) is 20.6 Å². The predicted molar refractivity (Wildman–Crippen MR) is 98.8 cm³/mol. The Kier molecular flexibility index (Phi) is 5.16. The number of anilines is 1. The van der Waals surface area contributed by atoms with Gasteiger partial charge in [-0.3, -0.25) is 0 Å². The second-order valence-electron chi connectivity index (χ2n) is 6.69. The maximum Gasteiger partial charge on any atom is 0.315 e. The van der Waals surface area contributed by atoms with Gasteiger partial charge >= 0.3 is 6.03 Å². The Morgan fingerprint density at radius 3 is 2.84 bits per heavy atom. The van der Waals surface area contributed by atoms with Crippen molar-refractivity contribution in [2.45, 2.75) is 32.2 Å². The van der Waals surface area contributed by atoms with E-state index in [0.29, 0.717) is 25.0 Å². The van der Waals surface area contributed by atoms with E-state index in [1.165, 1.54) is 11.1 Å². The maximum absolute atomic E-state index is 12.1. The first-order valence-electron chi connectivity index (χ1n) is 8.64.